The van der Waals surface area contributed by atoms with E-state index in [9.17, 15) is 9.59 Å². The molecule has 0 N–H and O–H groups in total. The third-order valence-electron chi connectivity index (χ3n) is 5.03. The van der Waals surface area contributed by atoms with Crippen LogP contribution >= 0.6 is 0 Å². The summed E-state index contributed by atoms with van der Waals surface area (Å²) < 4.78 is 18.1. The Bertz CT molecular complexity index is 1130. The number of aromatic nitrogens is 2. The lowest BCUT2D eigenvalue weighted by Crippen LogP contribution is -2.38. The Balaban J connectivity index is 1.68. The van der Waals surface area contributed by atoms with Crippen molar-refractivity contribution in [2.45, 2.75) is 32.7 Å². The summed E-state index contributed by atoms with van der Waals surface area (Å²) in [5.74, 6) is 0.795. The van der Waals surface area contributed by atoms with Crippen LogP contribution in [0.4, 0.5) is 4.79 Å². The molecule has 2 heterocycles. The predicted octanol–water partition coefficient (Wildman–Crippen LogP) is 3.02. The van der Waals surface area contributed by atoms with Crippen molar-refractivity contribution in [2.75, 3.05) is 13.7 Å². The van der Waals surface area contributed by atoms with Crippen LogP contribution < -0.4 is 15.0 Å². The smallest absolute Gasteiger partial charge is 0.413 e. The van der Waals surface area contributed by atoms with Gasteiger partial charge in [-0.2, -0.15) is 0 Å². The van der Waals surface area contributed by atoms with Gasteiger partial charge in [-0.3, -0.25) is 14.3 Å². The molecule has 0 radical (unpaired) electrons. The molecule has 0 spiro atoms. The van der Waals surface area contributed by atoms with Crippen molar-refractivity contribution in [1.82, 2.24) is 14.5 Å². The van der Waals surface area contributed by atoms with E-state index in [1.807, 2.05) is 37.3 Å². The molecule has 4 rings (SSSR count). The minimum absolute atomic E-state index is 0.182. The van der Waals surface area contributed by atoms with Crippen molar-refractivity contribution < 1.29 is 19.0 Å². The Labute approximate surface area is 173 Å². The van der Waals surface area contributed by atoms with E-state index in [0.717, 1.165) is 5.56 Å². The number of carbonyl (C=O) groups is 1. The molecule has 30 heavy (non-hydrogen) atoms. The van der Waals surface area contributed by atoms with Crippen LogP contribution in [0.5, 0.6) is 11.5 Å². The molecule has 2 atom stereocenters. The zero-order valence-electron chi connectivity index (χ0n) is 17.1. The highest BCUT2D eigenvalue weighted by Gasteiger charge is 2.33. The lowest BCUT2D eigenvalue weighted by Gasteiger charge is -2.24. The van der Waals surface area contributed by atoms with Crippen molar-refractivity contribution in [2.24, 2.45) is 0 Å². The highest BCUT2D eigenvalue weighted by molar-refractivity contribution is 5.81. The summed E-state index contributed by atoms with van der Waals surface area (Å²) in [6.45, 7) is 4.42. The monoisotopic (exact) mass is 409 g/mol. The second-order valence-corrected chi connectivity index (χ2v) is 7.25. The zero-order valence-corrected chi connectivity index (χ0v) is 17.1. The third kappa shape index (κ3) is 3.80. The van der Waals surface area contributed by atoms with Gasteiger partial charge in [-0.25, -0.2) is 9.78 Å². The van der Waals surface area contributed by atoms with Crippen LogP contribution in [-0.2, 0) is 11.3 Å². The van der Waals surface area contributed by atoms with Gasteiger partial charge < -0.3 is 14.2 Å². The number of benzene rings is 2. The third-order valence-corrected chi connectivity index (χ3v) is 5.03. The van der Waals surface area contributed by atoms with Crippen molar-refractivity contribution in [3.8, 4) is 11.5 Å². The normalized spacial score (nSPS) is 17.1. The van der Waals surface area contributed by atoms with Crippen molar-refractivity contribution >= 4 is 17.0 Å². The molecule has 0 aliphatic carbocycles. The Morgan fingerprint density at radius 3 is 2.63 bits per heavy atom. The molecule has 8 heteroatoms. The Kier molecular flexibility index (Phi) is 5.31. The van der Waals surface area contributed by atoms with Crippen LogP contribution in [0.2, 0.25) is 0 Å². The van der Waals surface area contributed by atoms with Crippen molar-refractivity contribution in [1.29, 1.82) is 0 Å². The van der Waals surface area contributed by atoms with Crippen LogP contribution in [0.25, 0.3) is 10.9 Å². The molecule has 156 valence electrons. The second kappa shape index (κ2) is 8.06. The summed E-state index contributed by atoms with van der Waals surface area (Å²) in [5, 5.41) is 0.411. The lowest BCUT2D eigenvalue weighted by atomic mass is 10.2. The second-order valence-electron chi connectivity index (χ2n) is 7.25. The van der Waals surface area contributed by atoms with E-state index in [1.165, 1.54) is 18.3 Å². The molecule has 1 amide bonds. The SMILES string of the molecule is COc1cc2ncn(Cc3ccccc3)c(=O)c2cc1OC(C)N1CC(C)OC1=O. The Morgan fingerprint density at radius 2 is 1.97 bits per heavy atom. The topological polar surface area (TPSA) is 82.9 Å². The minimum atomic E-state index is -0.586. The standard InChI is InChI=1S/C22H23N3O5/c1-14-11-25(22(27)29-14)15(2)30-20-9-17-18(10-19(20)28-3)23-13-24(21(17)26)12-16-7-5-4-6-8-16/h4-10,13-15H,11-12H2,1-3H3. The summed E-state index contributed by atoms with van der Waals surface area (Å²) >= 11 is 0. The molecule has 1 aliphatic rings. The molecule has 1 aromatic heterocycles. The summed E-state index contributed by atoms with van der Waals surface area (Å²) in [4.78, 5) is 30.9. The number of ether oxygens (including phenoxy) is 3. The average molecular weight is 409 g/mol. The highest BCUT2D eigenvalue weighted by atomic mass is 16.6. The van der Waals surface area contributed by atoms with Gasteiger partial charge in [-0.15, -0.1) is 0 Å². The van der Waals surface area contributed by atoms with Crippen LogP contribution in [0, 0.1) is 0 Å². The molecule has 2 unspecified atom stereocenters. The largest absolute Gasteiger partial charge is 0.493 e. The number of rotatable bonds is 6. The summed E-state index contributed by atoms with van der Waals surface area (Å²) in [6.07, 6.45) is 0.317. The summed E-state index contributed by atoms with van der Waals surface area (Å²) in [7, 11) is 1.52. The first-order valence-corrected chi connectivity index (χ1v) is 9.71. The molecule has 1 aliphatic heterocycles. The molecule has 1 saturated heterocycles. The summed E-state index contributed by atoms with van der Waals surface area (Å²) in [6, 6.07) is 13.0. The number of fused-ring (bicyclic) bond motifs is 1. The fourth-order valence-electron chi connectivity index (χ4n) is 3.48. The number of amides is 1. The van der Waals surface area contributed by atoms with E-state index in [1.54, 1.807) is 23.6 Å². The predicted molar refractivity (Wildman–Crippen MR) is 111 cm³/mol. The fraction of sp³-hybridized carbons (Fsp3) is 0.318. The fourth-order valence-corrected chi connectivity index (χ4v) is 3.48. The van der Waals surface area contributed by atoms with Crippen molar-refractivity contribution in [3.63, 3.8) is 0 Å². The molecular weight excluding hydrogens is 386 g/mol. The zero-order chi connectivity index (χ0) is 21.3. The molecule has 1 fully saturated rings. The van der Waals surface area contributed by atoms with E-state index in [-0.39, 0.29) is 11.7 Å². The number of hydrogen-bond acceptors (Lipinski definition) is 6. The van der Waals surface area contributed by atoms with Crippen LogP contribution in [0.1, 0.15) is 19.4 Å². The molecule has 8 nitrogen and oxygen atoms in total. The van der Waals surface area contributed by atoms with E-state index in [0.29, 0.717) is 35.5 Å². The average Bonchev–Trinajstić information content (AvgIpc) is 3.09. The van der Waals surface area contributed by atoms with Crippen LogP contribution in [0.15, 0.2) is 53.6 Å². The van der Waals surface area contributed by atoms with E-state index in [4.69, 9.17) is 14.2 Å². The lowest BCUT2D eigenvalue weighted by molar-refractivity contribution is 0.0682. The van der Waals surface area contributed by atoms with Crippen LogP contribution in [-0.4, -0.2) is 46.5 Å². The first-order valence-electron chi connectivity index (χ1n) is 9.71. The van der Waals surface area contributed by atoms with Crippen LogP contribution in [0.3, 0.4) is 0 Å². The number of methoxy groups -OCH3 is 1. The van der Waals surface area contributed by atoms with Gasteiger partial charge in [0.25, 0.3) is 5.56 Å². The number of hydrogen-bond donors (Lipinski definition) is 0. The summed E-state index contributed by atoms with van der Waals surface area (Å²) in [5.41, 5.74) is 1.33. The molecule has 0 saturated carbocycles. The first-order chi connectivity index (χ1) is 14.5. The van der Waals surface area contributed by atoms with E-state index < -0.39 is 12.3 Å². The Hall–Kier alpha value is -3.55. The molecule has 3 aromatic rings. The van der Waals surface area contributed by atoms with E-state index in [2.05, 4.69) is 4.98 Å². The highest BCUT2D eigenvalue weighted by Crippen LogP contribution is 2.32. The van der Waals surface area contributed by atoms with Gasteiger partial charge in [-0.05, 0) is 25.5 Å². The quantitative estimate of drug-likeness (QED) is 0.622. The molecular formula is C22H23N3O5. The number of nitrogens with zero attached hydrogens (tertiary/aromatic N) is 3. The molecule has 0 bridgehead atoms. The Morgan fingerprint density at radius 1 is 1.20 bits per heavy atom. The maximum absolute atomic E-state index is 13.1. The van der Waals surface area contributed by atoms with Gasteiger partial charge in [0.1, 0.15) is 6.10 Å². The van der Waals surface area contributed by atoms with Gasteiger partial charge in [0.05, 0.1) is 37.4 Å². The maximum atomic E-state index is 13.1. The van der Waals surface area contributed by atoms with Gasteiger partial charge in [0.15, 0.2) is 17.7 Å². The number of cyclic esters (lactones) is 1. The van der Waals surface area contributed by atoms with Gasteiger partial charge in [0.2, 0.25) is 0 Å². The van der Waals surface area contributed by atoms with Gasteiger partial charge in [0, 0.05) is 6.07 Å². The minimum Gasteiger partial charge on any atom is -0.493 e. The number of carbonyl (C=O) groups excluding carboxylic acids is 1. The maximum Gasteiger partial charge on any atom is 0.413 e. The molecule has 2 aromatic carbocycles. The first kappa shape index (κ1) is 19.8. The van der Waals surface area contributed by atoms with Gasteiger partial charge in [-0.1, -0.05) is 30.3 Å². The van der Waals surface area contributed by atoms with Gasteiger partial charge >= 0.3 is 6.09 Å². The van der Waals surface area contributed by atoms with Crippen molar-refractivity contribution in [3.05, 3.63) is 64.7 Å². The van der Waals surface area contributed by atoms with E-state index >= 15 is 0 Å².